The summed E-state index contributed by atoms with van der Waals surface area (Å²) in [4.78, 5) is 20.6. The summed E-state index contributed by atoms with van der Waals surface area (Å²) in [6.07, 6.45) is 5.11. The Balaban J connectivity index is 1.96. The molecular formula is C16H16ClN5O2. The van der Waals surface area contributed by atoms with Crippen LogP contribution in [-0.2, 0) is 11.3 Å². The number of imidazole rings is 1. The third kappa shape index (κ3) is 3.37. The average molecular weight is 346 g/mol. The van der Waals surface area contributed by atoms with Crippen LogP contribution in [0.4, 0.5) is 0 Å². The van der Waals surface area contributed by atoms with E-state index in [1.165, 1.54) is 10.7 Å². The first kappa shape index (κ1) is 16.4. The smallest absolute Gasteiger partial charge is 0.268 e. The molecule has 8 heteroatoms. The molecule has 0 aliphatic rings. The van der Waals surface area contributed by atoms with Crippen molar-refractivity contribution in [2.24, 2.45) is 0 Å². The summed E-state index contributed by atoms with van der Waals surface area (Å²) in [7, 11) is 1.58. The molecule has 0 spiro atoms. The van der Waals surface area contributed by atoms with Gasteiger partial charge in [0.2, 0.25) is 0 Å². The quantitative estimate of drug-likeness (QED) is 0.662. The molecule has 3 aromatic rings. The molecule has 0 atom stereocenters. The van der Waals surface area contributed by atoms with Gasteiger partial charge in [0, 0.05) is 31.1 Å². The van der Waals surface area contributed by atoms with Gasteiger partial charge in [-0.05, 0) is 19.1 Å². The molecule has 3 aromatic heterocycles. The maximum absolute atomic E-state index is 12.1. The number of nitrogens with zero attached hydrogens (tertiary/aromatic N) is 5. The van der Waals surface area contributed by atoms with E-state index in [9.17, 15) is 4.79 Å². The summed E-state index contributed by atoms with van der Waals surface area (Å²) in [6, 6.07) is 5.11. The van der Waals surface area contributed by atoms with Crippen LogP contribution in [0.5, 0.6) is 0 Å². The van der Waals surface area contributed by atoms with Crippen molar-refractivity contribution in [3.8, 4) is 16.9 Å². The normalized spacial score (nSPS) is 11.0. The van der Waals surface area contributed by atoms with Crippen LogP contribution < -0.4 is 5.56 Å². The van der Waals surface area contributed by atoms with Gasteiger partial charge in [0.25, 0.3) is 5.56 Å². The lowest BCUT2D eigenvalue weighted by Gasteiger charge is -2.07. The van der Waals surface area contributed by atoms with Crippen LogP contribution in [0.25, 0.3) is 16.9 Å². The molecule has 0 saturated carbocycles. The maximum Gasteiger partial charge on any atom is 0.268 e. The molecule has 0 N–H and O–H groups in total. The van der Waals surface area contributed by atoms with Crippen LogP contribution in [0.15, 0.2) is 41.6 Å². The Morgan fingerprint density at radius 1 is 1.33 bits per heavy atom. The van der Waals surface area contributed by atoms with Crippen LogP contribution >= 0.6 is 11.6 Å². The van der Waals surface area contributed by atoms with Crippen molar-refractivity contribution in [3.63, 3.8) is 0 Å². The van der Waals surface area contributed by atoms with Gasteiger partial charge in [-0.25, -0.2) is 14.6 Å². The van der Waals surface area contributed by atoms with E-state index < -0.39 is 0 Å². The van der Waals surface area contributed by atoms with Crippen LogP contribution in [-0.4, -0.2) is 38.0 Å². The van der Waals surface area contributed by atoms with Gasteiger partial charge in [0.05, 0.1) is 30.7 Å². The fraction of sp³-hybridized carbons (Fsp3) is 0.250. The minimum Gasteiger partial charge on any atom is -0.383 e. The summed E-state index contributed by atoms with van der Waals surface area (Å²) in [5.74, 6) is 0.744. The molecule has 124 valence electrons. The van der Waals surface area contributed by atoms with Crippen molar-refractivity contribution in [1.29, 1.82) is 0 Å². The molecular weight excluding hydrogens is 330 g/mol. The van der Waals surface area contributed by atoms with E-state index in [0.717, 1.165) is 17.1 Å². The van der Waals surface area contributed by atoms with E-state index >= 15 is 0 Å². The molecule has 0 unspecified atom stereocenters. The SMILES string of the molecule is COCCn1ncc(-n2cc(-c3ccnc(Cl)c3)nc2C)cc1=O. The Morgan fingerprint density at radius 2 is 2.17 bits per heavy atom. The second kappa shape index (κ2) is 6.94. The largest absolute Gasteiger partial charge is 0.383 e. The highest BCUT2D eigenvalue weighted by atomic mass is 35.5. The van der Waals surface area contributed by atoms with Gasteiger partial charge >= 0.3 is 0 Å². The molecule has 7 nitrogen and oxygen atoms in total. The van der Waals surface area contributed by atoms with E-state index in [1.54, 1.807) is 25.6 Å². The summed E-state index contributed by atoms with van der Waals surface area (Å²) in [5, 5.41) is 4.58. The fourth-order valence-electron chi connectivity index (χ4n) is 2.34. The van der Waals surface area contributed by atoms with Crippen LogP contribution in [0.2, 0.25) is 5.15 Å². The third-order valence-corrected chi connectivity index (χ3v) is 3.75. The van der Waals surface area contributed by atoms with Gasteiger partial charge < -0.3 is 9.30 Å². The molecule has 3 rings (SSSR count). The predicted octanol–water partition coefficient (Wildman–Crippen LogP) is 2.10. The Bertz CT molecular complexity index is 919. The van der Waals surface area contributed by atoms with Crippen LogP contribution in [0.1, 0.15) is 5.82 Å². The van der Waals surface area contributed by atoms with Gasteiger partial charge in [0.1, 0.15) is 11.0 Å². The van der Waals surface area contributed by atoms with Gasteiger partial charge in [-0.2, -0.15) is 5.10 Å². The standard InChI is InChI=1S/C16H16ClN5O2/c1-11-20-14(12-3-4-18-15(17)7-12)10-21(11)13-8-16(23)22(19-9-13)5-6-24-2/h3-4,7-10H,5-6H2,1-2H3. The van der Waals surface area contributed by atoms with Crippen molar-refractivity contribution in [3.05, 3.63) is 58.1 Å². The molecule has 0 amide bonds. The second-order valence-corrected chi connectivity index (χ2v) is 5.57. The number of rotatable bonds is 5. The van der Waals surface area contributed by atoms with E-state index in [-0.39, 0.29) is 5.56 Å². The topological polar surface area (TPSA) is 74.8 Å². The highest BCUT2D eigenvalue weighted by Crippen LogP contribution is 2.22. The zero-order chi connectivity index (χ0) is 17.1. The monoisotopic (exact) mass is 345 g/mol. The summed E-state index contributed by atoms with van der Waals surface area (Å²) >= 11 is 5.93. The predicted molar refractivity (Wildman–Crippen MR) is 90.5 cm³/mol. The lowest BCUT2D eigenvalue weighted by Crippen LogP contribution is -2.24. The second-order valence-electron chi connectivity index (χ2n) is 5.18. The molecule has 24 heavy (non-hydrogen) atoms. The third-order valence-electron chi connectivity index (χ3n) is 3.55. The number of aromatic nitrogens is 5. The molecule has 0 saturated heterocycles. The highest BCUT2D eigenvalue weighted by Gasteiger charge is 2.10. The first-order valence-electron chi connectivity index (χ1n) is 7.33. The number of methoxy groups -OCH3 is 1. The lowest BCUT2D eigenvalue weighted by molar-refractivity contribution is 0.182. The van der Waals surface area contributed by atoms with Crippen LogP contribution in [0.3, 0.4) is 0 Å². The minimum absolute atomic E-state index is 0.189. The van der Waals surface area contributed by atoms with Crippen molar-refractivity contribution in [2.75, 3.05) is 13.7 Å². The molecule has 0 aromatic carbocycles. The molecule has 0 bridgehead atoms. The van der Waals surface area contributed by atoms with Crippen molar-refractivity contribution in [1.82, 2.24) is 24.3 Å². The zero-order valence-corrected chi connectivity index (χ0v) is 14.1. The van der Waals surface area contributed by atoms with Gasteiger partial charge in [-0.3, -0.25) is 4.79 Å². The number of aryl methyl sites for hydroxylation is 1. The minimum atomic E-state index is -0.189. The van der Waals surface area contributed by atoms with Gasteiger partial charge in [0.15, 0.2) is 0 Å². The van der Waals surface area contributed by atoms with Gasteiger partial charge in [-0.15, -0.1) is 0 Å². The Hall–Kier alpha value is -2.51. The summed E-state index contributed by atoms with van der Waals surface area (Å²) < 4.78 is 8.15. The van der Waals surface area contributed by atoms with E-state index in [2.05, 4.69) is 15.1 Å². The fourth-order valence-corrected chi connectivity index (χ4v) is 2.51. The highest BCUT2D eigenvalue weighted by molar-refractivity contribution is 6.29. The summed E-state index contributed by atoms with van der Waals surface area (Å²) in [5.41, 5.74) is 2.08. The van der Waals surface area contributed by atoms with Crippen molar-refractivity contribution >= 4 is 11.6 Å². The lowest BCUT2D eigenvalue weighted by atomic mass is 10.2. The van der Waals surface area contributed by atoms with E-state index in [1.807, 2.05) is 23.8 Å². The Labute approximate surface area is 143 Å². The molecule has 0 fully saturated rings. The molecule has 0 aliphatic carbocycles. The number of hydrogen-bond donors (Lipinski definition) is 0. The number of hydrogen-bond acceptors (Lipinski definition) is 5. The average Bonchev–Trinajstić information content (AvgIpc) is 2.95. The first-order chi connectivity index (χ1) is 11.6. The van der Waals surface area contributed by atoms with Crippen LogP contribution in [0, 0.1) is 6.92 Å². The Morgan fingerprint density at radius 3 is 2.88 bits per heavy atom. The van der Waals surface area contributed by atoms with Crippen molar-refractivity contribution < 1.29 is 4.74 Å². The van der Waals surface area contributed by atoms with Crippen molar-refractivity contribution in [2.45, 2.75) is 13.5 Å². The van der Waals surface area contributed by atoms with E-state index in [4.69, 9.17) is 16.3 Å². The number of pyridine rings is 1. The Kier molecular flexibility index (Phi) is 4.73. The molecule has 0 aliphatic heterocycles. The molecule has 0 radical (unpaired) electrons. The number of ether oxygens (including phenoxy) is 1. The van der Waals surface area contributed by atoms with Gasteiger partial charge in [-0.1, -0.05) is 11.6 Å². The first-order valence-corrected chi connectivity index (χ1v) is 7.70. The van der Waals surface area contributed by atoms with E-state index in [0.29, 0.717) is 24.0 Å². The summed E-state index contributed by atoms with van der Waals surface area (Å²) in [6.45, 7) is 2.71. The zero-order valence-electron chi connectivity index (χ0n) is 13.3. The molecule has 3 heterocycles. The maximum atomic E-state index is 12.1. The number of halogens is 1.